The highest BCUT2D eigenvalue weighted by Gasteiger charge is 2.05. The number of para-hydroxylation sites is 1. The Bertz CT molecular complexity index is 708. The van der Waals surface area contributed by atoms with Crippen LogP contribution < -0.4 is 0 Å². The zero-order valence-corrected chi connectivity index (χ0v) is 9.01. The van der Waals surface area contributed by atoms with E-state index in [1.807, 2.05) is 36.0 Å². The van der Waals surface area contributed by atoms with Crippen molar-refractivity contribution in [3.05, 3.63) is 35.2 Å². The van der Waals surface area contributed by atoms with Crippen LogP contribution >= 0.6 is 12.2 Å². The topological polar surface area (TPSA) is 33.6 Å². The Labute approximate surface area is 91.4 Å². The second-order valence-electron chi connectivity index (χ2n) is 3.53. The number of aromatic amines is 1. The summed E-state index contributed by atoms with van der Waals surface area (Å²) >= 11 is 5.20. The fraction of sp³-hybridized carbons (Fsp3) is 0.0909. The van der Waals surface area contributed by atoms with E-state index in [1.165, 1.54) is 0 Å². The summed E-state index contributed by atoms with van der Waals surface area (Å²) in [5, 5.41) is 1.13. The minimum absolute atomic E-state index is 0.725. The summed E-state index contributed by atoms with van der Waals surface area (Å²) in [5.41, 5.74) is 3.10. The molecule has 2 heterocycles. The van der Waals surface area contributed by atoms with Crippen molar-refractivity contribution in [1.82, 2.24) is 14.5 Å². The van der Waals surface area contributed by atoms with Crippen LogP contribution in [-0.2, 0) is 7.05 Å². The van der Waals surface area contributed by atoms with E-state index in [0.29, 0.717) is 0 Å². The summed E-state index contributed by atoms with van der Waals surface area (Å²) in [6.07, 6.45) is 1.83. The number of pyridine rings is 1. The lowest BCUT2D eigenvalue weighted by molar-refractivity contribution is 0.930. The van der Waals surface area contributed by atoms with E-state index in [0.717, 1.165) is 26.7 Å². The lowest BCUT2D eigenvalue weighted by Gasteiger charge is -2.00. The number of benzene rings is 1. The maximum Gasteiger partial charge on any atom is 0.177 e. The molecule has 15 heavy (non-hydrogen) atoms. The molecule has 3 aromatic rings. The molecule has 0 aliphatic heterocycles. The van der Waals surface area contributed by atoms with Gasteiger partial charge >= 0.3 is 0 Å². The average Bonchev–Trinajstić information content (AvgIpc) is 2.55. The molecule has 0 saturated carbocycles. The van der Waals surface area contributed by atoms with Gasteiger partial charge < -0.3 is 9.55 Å². The number of fused-ring (bicyclic) bond motifs is 3. The lowest BCUT2D eigenvalue weighted by Crippen LogP contribution is -1.88. The monoisotopic (exact) mass is 215 g/mol. The summed E-state index contributed by atoms with van der Waals surface area (Å²) in [6, 6.07) is 8.07. The van der Waals surface area contributed by atoms with Crippen LogP contribution in [0, 0.1) is 4.77 Å². The van der Waals surface area contributed by atoms with Crippen LogP contribution in [-0.4, -0.2) is 14.5 Å². The van der Waals surface area contributed by atoms with E-state index in [2.05, 4.69) is 16.0 Å². The molecule has 0 saturated heterocycles. The van der Waals surface area contributed by atoms with Gasteiger partial charge in [-0.25, -0.2) is 0 Å². The van der Waals surface area contributed by atoms with Gasteiger partial charge in [-0.3, -0.25) is 4.98 Å². The van der Waals surface area contributed by atoms with Gasteiger partial charge in [0.25, 0.3) is 0 Å². The van der Waals surface area contributed by atoms with Crippen molar-refractivity contribution in [3.8, 4) is 0 Å². The number of aromatic nitrogens is 3. The fourth-order valence-corrected chi connectivity index (χ4v) is 2.08. The molecule has 74 valence electrons. The van der Waals surface area contributed by atoms with Gasteiger partial charge in [0.2, 0.25) is 0 Å². The molecule has 2 aromatic heterocycles. The van der Waals surface area contributed by atoms with Crippen LogP contribution in [0.2, 0.25) is 0 Å². The van der Waals surface area contributed by atoms with Crippen LogP contribution in [0.25, 0.3) is 21.9 Å². The van der Waals surface area contributed by atoms with Gasteiger partial charge in [-0.05, 0) is 18.3 Å². The van der Waals surface area contributed by atoms with Gasteiger partial charge in [0, 0.05) is 12.4 Å². The largest absolute Gasteiger partial charge is 0.329 e. The van der Waals surface area contributed by atoms with Crippen molar-refractivity contribution in [3.63, 3.8) is 0 Å². The fourth-order valence-electron chi connectivity index (χ4n) is 1.88. The molecule has 0 fully saturated rings. The Morgan fingerprint density at radius 2 is 2.13 bits per heavy atom. The number of aryl methyl sites for hydroxylation is 1. The number of hydrogen-bond donors (Lipinski definition) is 1. The van der Waals surface area contributed by atoms with E-state index in [1.54, 1.807) is 0 Å². The molecule has 0 atom stereocenters. The Hall–Kier alpha value is -1.68. The Kier molecular flexibility index (Phi) is 1.67. The van der Waals surface area contributed by atoms with Crippen molar-refractivity contribution in [2.24, 2.45) is 7.05 Å². The number of rotatable bonds is 0. The highest BCUT2D eigenvalue weighted by Crippen LogP contribution is 2.22. The summed E-state index contributed by atoms with van der Waals surface area (Å²) in [7, 11) is 1.97. The summed E-state index contributed by atoms with van der Waals surface area (Å²) in [4.78, 5) is 7.51. The van der Waals surface area contributed by atoms with E-state index in [4.69, 9.17) is 12.2 Å². The molecule has 0 spiro atoms. The zero-order valence-electron chi connectivity index (χ0n) is 8.19. The van der Waals surface area contributed by atoms with Gasteiger partial charge in [-0.2, -0.15) is 0 Å². The van der Waals surface area contributed by atoms with Crippen LogP contribution in [0.3, 0.4) is 0 Å². The molecule has 0 aliphatic rings. The van der Waals surface area contributed by atoms with Crippen molar-refractivity contribution in [1.29, 1.82) is 0 Å². The Balaban J connectivity index is 2.69. The second-order valence-corrected chi connectivity index (χ2v) is 3.91. The van der Waals surface area contributed by atoms with E-state index in [-0.39, 0.29) is 0 Å². The van der Waals surface area contributed by atoms with Gasteiger partial charge in [0.1, 0.15) is 0 Å². The first-order valence-corrected chi connectivity index (χ1v) is 5.10. The lowest BCUT2D eigenvalue weighted by atomic mass is 10.2. The third kappa shape index (κ3) is 1.11. The summed E-state index contributed by atoms with van der Waals surface area (Å²) < 4.78 is 2.71. The second kappa shape index (κ2) is 2.90. The normalized spacial score (nSPS) is 11.3. The molecule has 0 unspecified atom stereocenters. The molecule has 3 nitrogen and oxygen atoms in total. The van der Waals surface area contributed by atoms with Crippen LogP contribution in [0.5, 0.6) is 0 Å². The molecule has 1 N–H and O–H groups in total. The van der Waals surface area contributed by atoms with Gasteiger partial charge in [0.15, 0.2) is 4.77 Å². The number of nitrogens with one attached hydrogen (secondary N) is 1. The first-order valence-electron chi connectivity index (χ1n) is 4.70. The van der Waals surface area contributed by atoms with Crippen molar-refractivity contribution < 1.29 is 0 Å². The number of H-pyrrole nitrogens is 1. The number of nitrogens with zero attached hydrogens (tertiary/aromatic N) is 2. The highest BCUT2D eigenvalue weighted by atomic mass is 32.1. The molecular formula is C11H9N3S. The highest BCUT2D eigenvalue weighted by molar-refractivity contribution is 7.71. The van der Waals surface area contributed by atoms with E-state index >= 15 is 0 Å². The minimum atomic E-state index is 0.725. The molecule has 1 aromatic carbocycles. The Morgan fingerprint density at radius 1 is 1.33 bits per heavy atom. The van der Waals surface area contributed by atoms with Crippen LogP contribution in [0.15, 0.2) is 30.5 Å². The Morgan fingerprint density at radius 3 is 3.00 bits per heavy atom. The molecule has 0 bridgehead atoms. The van der Waals surface area contributed by atoms with E-state index in [9.17, 15) is 0 Å². The van der Waals surface area contributed by atoms with Crippen molar-refractivity contribution in [2.45, 2.75) is 0 Å². The maximum atomic E-state index is 5.20. The molecule has 0 aliphatic carbocycles. The van der Waals surface area contributed by atoms with Gasteiger partial charge in [-0.15, -0.1) is 0 Å². The first kappa shape index (κ1) is 8.61. The van der Waals surface area contributed by atoms with E-state index < -0.39 is 0 Å². The molecule has 0 radical (unpaired) electrons. The third-order valence-electron chi connectivity index (χ3n) is 2.63. The molecular weight excluding hydrogens is 206 g/mol. The smallest absolute Gasteiger partial charge is 0.177 e. The molecule has 4 heteroatoms. The first-order chi connectivity index (χ1) is 7.27. The predicted octanol–water partition coefficient (Wildman–Crippen LogP) is 2.78. The van der Waals surface area contributed by atoms with Crippen molar-refractivity contribution >= 4 is 34.2 Å². The quantitative estimate of drug-likeness (QED) is 0.585. The number of imidazole rings is 1. The van der Waals surface area contributed by atoms with Crippen molar-refractivity contribution in [2.75, 3.05) is 0 Å². The third-order valence-corrected chi connectivity index (χ3v) is 3.00. The van der Waals surface area contributed by atoms with Gasteiger partial charge in [-0.1, -0.05) is 18.2 Å². The van der Waals surface area contributed by atoms with Crippen LogP contribution in [0.1, 0.15) is 0 Å². The zero-order chi connectivity index (χ0) is 10.4. The number of hydrogen-bond acceptors (Lipinski definition) is 2. The minimum Gasteiger partial charge on any atom is -0.329 e. The summed E-state index contributed by atoms with van der Waals surface area (Å²) in [5.74, 6) is 0. The predicted molar refractivity (Wildman–Crippen MR) is 63.4 cm³/mol. The summed E-state index contributed by atoms with van der Waals surface area (Å²) in [6.45, 7) is 0. The SMILES string of the molecule is Cn1c(=S)[nH]c2cnc3ccccc3c21. The van der Waals surface area contributed by atoms with Gasteiger partial charge in [0.05, 0.1) is 22.7 Å². The average molecular weight is 215 g/mol. The molecule has 0 amide bonds. The van der Waals surface area contributed by atoms with Crippen LogP contribution in [0.4, 0.5) is 0 Å². The maximum absolute atomic E-state index is 5.20. The standard InChI is InChI=1S/C11H9N3S/c1-14-10-7-4-2-3-5-8(7)12-6-9(10)13-11(14)15/h2-6H,1H3,(H,13,15). The molecule has 3 rings (SSSR count).